The Morgan fingerprint density at radius 1 is 1.23 bits per heavy atom. The van der Waals surface area contributed by atoms with E-state index in [1.165, 1.54) is 19.3 Å². The lowest BCUT2D eigenvalue weighted by atomic mass is 9.84. The molecule has 4 atom stereocenters. The molecule has 0 saturated carbocycles. The van der Waals surface area contributed by atoms with Crippen LogP contribution in [0.3, 0.4) is 0 Å². The van der Waals surface area contributed by atoms with Crippen LogP contribution in [0.4, 0.5) is 24.5 Å². The number of hydrogen-bond donors (Lipinski definition) is 4. The number of carbonyl (C=O) groups excluding carboxylic acids is 1. The molecule has 1 fully saturated rings. The molecule has 5 N–H and O–H groups in total. The van der Waals surface area contributed by atoms with Gasteiger partial charge in [-0.15, -0.1) is 0 Å². The minimum Gasteiger partial charge on any atom is -0.397 e. The Balaban J connectivity index is 1.67. The maximum atomic E-state index is 14.5. The Hall–Kier alpha value is -3.54. The largest absolute Gasteiger partial charge is 0.397 e. The molecule has 0 radical (unpaired) electrons. The van der Waals surface area contributed by atoms with E-state index in [2.05, 4.69) is 15.3 Å². The summed E-state index contributed by atoms with van der Waals surface area (Å²) in [6.07, 6.45) is 0.318. The second-order valence-corrected chi connectivity index (χ2v) is 8.51. The van der Waals surface area contributed by atoms with Gasteiger partial charge in [-0.05, 0) is 32.0 Å². The van der Waals surface area contributed by atoms with Crippen LogP contribution in [0.5, 0.6) is 0 Å². The molecular formula is C24H23F3N4O4. The van der Waals surface area contributed by atoms with Crippen LogP contribution < -0.4 is 11.1 Å². The topological polar surface area (TPSA) is 131 Å². The number of benzene rings is 1. The first-order valence-electron chi connectivity index (χ1n) is 10.7. The van der Waals surface area contributed by atoms with E-state index in [0.29, 0.717) is 5.56 Å². The molecule has 3 aromatic rings. The molecule has 1 aliphatic rings. The van der Waals surface area contributed by atoms with Crippen LogP contribution in [0.2, 0.25) is 0 Å². The van der Waals surface area contributed by atoms with Gasteiger partial charge in [0.05, 0.1) is 41.4 Å². The Labute approximate surface area is 198 Å². The van der Waals surface area contributed by atoms with Crippen molar-refractivity contribution in [2.45, 2.75) is 44.2 Å². The number of hydrogen-bond acceptors (Lipinski definition) is 7. The summed E-state index contributed by atoms with van der Waals surface area (Å²) in [5.74, 6) is -4.10. The van der Waals surface area contributed by atoms with Gasteiger partial charge < -0.3 is 26.0 Å². The maximum Gasteiger partial charge on any atom is 0.276 e. The van der Waals surface area contributed by atoms with Crippen molar-refractivity contribution in [1.82, 2.24) is 9.97 Å². The average molecular weight is 488 g/mol. The molecule has 3 heterocycles. The summed E-state index contributed by atoms with van der Waals surface area (Å²) in [5.41, 5.74) is 2.73. The van der Waals surface area contributed by atoms with Crippen molar-refractivity contribution >= 4 is 17.3 Å². The molecule has 11 heteroatoms. The highest BCUT2D eigenvalue weighted by atomic mass is 19.1. The van der Waals surface area contributed by atoms with Crippen LogP contribution in [-0.4, -0.2) is 43.9 Å². The van der Waals surface area contributed by atoms with Crippen LogP contribution in [0.25, 0.3) is 11.3 Å². The lowest BCUT2D eigenvalue weighted by molar-refractivity contribution is -0.215. The molecule has 35 heavy (non-hydrogen) atoms. The number of aliphatic hydroxyl groups is 2. The van der Waals surface area contributed by atoms with Gasteiger partial charge in [0.25, 0.3) is 5.91 Å². The highest BCUT2D eigenvalue weighted by Crippen LogP contribution is 2.39. The van der Waals surface area contributed by atoms with Gasteiger partial charge in [-0.25, -0.2) is 18.2 Å². The first kappa shape index (κ1) is 24.6. The number of anilines is 2. The van der Waals surface area contributed by atoms with E-state index in [1.807, 2.05) is 0 Å². The van der Waals surface area contributed by atoms with E-state index in [1.54, 1.807) is 13.0 Å². The molecule has 4 rings (SSSR count). The standard InChI is InChI=1S/C24H23F3N4O4/c1-11-24(2,34)19(32)9-18(35-11)12-6-7-29-10-17(12)30-23(33)22-16(28)8-15(27)21(31-22)20-13(25)4-3-5-14(20)26/h3-8,10-11,18-19,32,34H,9,28H2,1-2H3,(H,30,33)/t11-,18-,19-,24-/m1/s1. The molecule has 1 aliphatic heterocycles. The van der Waals surface area contributed by atoms with Gasteiger partial charge in [-0.3, -0.25) is 9.78 Å². The number of rotatable bonds is 4. The van der Waals surface area contributed by atoms with Crippen molar-refractivity contribution in [3.63, 3.8) is 0 Å². The number of aliphatic hydroxyl groups excluding tert-OH is 1. The van der Waals surface area contributed by atoms with E-state index < -0.39 is 64.2 Å². The van der Waals surface area contributed by atoms with Gasteiger partial charge >= 0.3 is 0 Å². The molecule has 8 nitrogen and oxygen atoms in total. The molecule has 184 valence electrons. The molecule has 1 saturated heterocycles. The maximum absolute atomic E-state index is 14.5. The minimum atomic E-state index is -1.46. The number of carbonyl (C=O) groups is 1. The van der Waals surface area contributed by atoms with E-state index >= 15 is 0 Å². The number of aromatic nitrogens is 2. The van der Waals surface area contributed by atoms with Crippen molar-refractivity contribution in [2.75, 3.05) is 11.1 Å². The van der Waals surface area contributed by atoms with Crippen molar-refractivity contribution < 1.29 is 32.9 Å². The van der Waals surface area contributed by atoms with E-state index in [9.17, 15) is 28.2 Å². The highest BCUT2D eigenvalue weighted by Gasteiger charge is 2.44. The van der Waals surface area contributed by atoms with Crippen LogP contribution in [0.15, 0.2) is 42.7 Å². The third-order valence-corrected chi connectivity index (χ3v) is 6.17. The second-order valence-electron chi connectivity index (χ2n) is 8.51. The van der Waals surface area contributed by atoms with E-state index in [-0.39, 0.29) is 17.8 Å². The highest BCUT2D eigenvalue weighted by molar-refractivity contribution is 6.06. The third kappa shape index (κ3) is 4.57. The fraction of sp³-hybridized carbons (Fsp3) is 0.292. The number of nitrogens with one attached hydrogen (secondary N) is 1. The van der Waals surface area contributed by atoms with Crippen LogP contribution in [0.1, 0.15) is 42.4 Å². The summed E-state index contributed by atoms with van der Waals surface area (Å²) >= 11 is 0. The smallest absolute Gasteiger partial charge is 0.276 e. The Bertz CT molecular complexity index is 1250. The zero-order valence-corrected chi connectivity index (χ0v) is 18.8. The molecular weight excluding hydrogens is 465 g/mol. The molecule has 2 aromatic heterocycles. The summed E-state index contributed by atoms with van der Waals surface area (Å²) in [7, 11) is 0. The fourth-order valence-corrected chi connectivity index (χ4v) is 3.91. The van der Waals surface area contributed by atoms with Crippen LogP contribution in [0, 0.1) is 17.5 Å². The number of nitrogen functional groups attached to an aromatic ring is 1. The quantitative estimate of drug-likeness (QED) is 0.443. The summed E-state index contributed by atoms with van der Waals surface area (Å²) in [6.45, 7) is 3.08. The monoisotopic (exact) mass is 488 g/mol. The van der Waals surface area contributed by atoms with Gasteiger partial charge in [0, 0.05) is 24.2 Å². The molecule has 0 aliphatic carbocycles. The van der Waals surface area contributed by atoms with Gasteiger partial charge in [0.15, 0.2) is 11.5 Å². The summed E-state index contributed by atoms with van der Waals surface area (Å²) in [5, 5.41) is 23.3. The molecule has 0 unspecified atom stereocenters. The van der Waals surface area contributed by atoms with Gasteiger partial charge in [-0.2, -0.15) is 0 Å². The number of nitrogens with two attached hydrogens (primary N) is 1. The predicted octanol–water partition coefficient (Wildman–Crippen LogP) is 3.36. The lowest BCUT2D eigenvalue weighted by Gasteiger charge is -2.43. The van der Waals surface area contributed by atoms with E-state index in [0.717, 1.165) is 24.3 Å². The molecule has 0 bridgehead atoms. The first-order valence-corrected chi connectivity index (χ1v) is 10.7. The van der Waals surface area contributed by atoms with Gasteiger partial charge in [0.2, 0.25) is 0 Å². The van der Waals surface area contributed by atoms with Crippen molar-refractivity contribution in [1.29, 1.82) is 0 Å². The van der Waals surface area contributed by atoms with Crippen LogP contribution in [-0.2, 0) is 4.74 Å². The fourth-order valence-electron chi connectivity index (χ4n) is 3.91. The van der Waals surface area contributed by atoms with Gasteiger partial charge in [-0.1, -0.05) is 6.07 Å². The number of ether oxygens (including phenoxy) is 1. The number of halogens is 3. The SMILES string of the molecule is C[C@H]1O[C@@H](c2ccncc2NC(=O)c2nc(-c3c(F)cccc3F)c(F)cc2N)C[C@@H](O)[C@]1(C)O. The van der Waals surface area contributed by atoms with Crippen LogP contribution >= 0.6 is 0 Å². The zero-order chi connectivity index (χ0) is 25.5. The lowest BCUT2D eigenvalue weighted by Crippen LogP contribution is -2.54. The van der Waals surface area contributed by atoms with Crippen molar-refractivity contribution in [2.24, 2.45) is 0 Å². The first-order chi connectivity index (χ1) is 16.5. The summed E-state index contributed by atoms with van der Waals surface area (Å²) < 4.78 is 48.9. The Morgan fingerprint density at radius 2 is 1.91 bits per heavy atom. The molecule has 0 spiro atoms. The Morgan fingerprint density at radius 3 is 2.57 bits per heavy atom. The normalized spacial score (nSPS) is 24.3. The van der Waals surface area contributed by atoms with Gasteiger partial charge in [0.1, 0.15) is 22.9 Å². The zero-order valence-electron chi connectivity index (χ0n) is 18.8. The number of nitrogens with zero attached hydrogens (tertiary/aromatic N) is 2. The summed E-state index contributed by atoms with van der Waals surface area (Å²) in [4.78, 5) is 20.9. The van der Waals surface area contributed by atoms with Crippen molar-refractivity contribution in [3.8, 4) is 11.3 Å². The van der Waals surface area contributed by atoms with E-state index in [4.69, 9.17) is 10.5 Å². The second kappa shape index (κ2) is 9.25. The minimum absolute atomic E-state index is 0.0396. The summed E-state index contributed by atoms with van der Waals surface area (Å²) in [6, 6.07) is 5.33. The number of amides is 1. The third-order valence-electron chi connectivity index (χ3n) is 6.17. The predicted molar refractivity (Wildman–Crippen MR) is 121 cm³/mol. The molecule has 1 amide bonds. The average Bonchev–Trinajstić information content (AvgIpc) is 2.79. The molecule has 1 aromatic carbocycles. The van der Waals surface area contributed by atoms with Crippen molar-refractivity contribution in [3.05, 3.63) is 71.4 Å². The number of pyridine rings is 2. The Kier molecular flexibility index (Phi) is 6.50.